The van der Waals surface area contributed by atoms with E-state index in [1.165, 1.54) is 0 Å². The Labute approximate surface area is 141 Å². The van der Waals surface area contributed by atoms with Crippen molar-refractivity contribution in [3.05, 3.63) is 34.9 Å². The van der Waals surface area contributed by atoms with Crippen LogP contribution < -0.4 is 5.73 Å². The molecule has 1 aliphatic rings. The molecular weight excluding hydrogens is 318 g/mol. The van der Waals surface area contributed by atoms with E-state index in [0.717, 1.165) is 5.56 Å². The number of primary amides is 1. The number of amides is 1. The number of nitrogens with two attached hydrogens (primary N) is 1. The number of hydrogen-bond acceptors (Lipinski definition) is 5. The Morgan fingerprint density at radius 2 is 1.83 bits per heavy atom. The summed E-state index contributed by atoms with van der Waals surface area (Å²) in [5, 5.41) is 0.627. The van der Waals surface area contributed by atoms with Gasteiger partial charge in [0.15, 0.2) is 0 Å². The molecule has 1 heterocycles. The van der Waals surface area contributed by atoms with Crippen LogP contribution in [0.3, 0.4) is 0 Å². The van der Waals surface area contributed by atoms with Gasteiger partial charge >= 0.3 is 5.97 Å². The lowest BCUT2D eigenvalue weighted by atomic mass is 10.0. The molecule has 1 fully saturated rings. The van der Waals surface area contributed by atoms with Gasteiger partial charge in [-0.05, 0) is 24.6 Å². The second-order valence-electron chi connectivity index (χ2n) is 5.48. The van der Waals surface area contributed by atoms with Crippen LogP contribution in [0.15, 0.2) is 24.3 Å². The molecule has 1 aromatic rings. The van der Waals surface area contributed by atoms with Crippen molar-refractivity contribution in [2.75, 3.05) is 39.3 Å². The number of esters is 1. The second kappa shape index (κ2) is 8.29. The second-order valence-corrected chi connectivity index (χ2v) is 5.92. The number of halogens is 1. The topological polar surface area (TPSA) is 75.9 Å². The molecular formula is C16H22ClN3O3. The number of piperazine rings is 1. The number of rotatable bonds is 6. The average Bonchev–Trinajstić information content (AvgIpc) is 2.51. The maximum atomic E-state index is 12.4. The summed E-state index contributed by atoms with van der Waals surface area (Å²) in [6.45, 7) is 5.09. The zero-order chi connectivity index (χ0) is 16.8. The summed E-state index contributed by atoms with van der Waals surface area (Å²) in [4.78, 5) is 27.5. The SMILES string of the molecule is CCOC(=O)C(c1ccc(Cl)cc1)N1CCN(CC(N)=O)CC1. The first-order valence-corrected chi connectivity index (χ1v) is 8.06. The van der Waals surface area contributed by atoms with Crippen LogP contribution in [0, 0.1) is 0 Å². The van der Waals surface area contributed by atoms with Crippen LogP contribution >= 0.6 is 11.6 Å². The summed E-state index contributed by atoms with van der Waals surface area (Å²) in [5.74, 6) is -0.601. The Hall–Kier alpha value is -1.63. The van der Waals surface area contributed by atoms with Gasteiger partial charge in [0, 0.05) is 31.2 Å². The fourth-order valence-electron chi connectivity index (χ4n) is 2.76. The molecule has 0 radical (unpaired) electrons. The van der Waals surface area contributed by atoms with Gasteiger partial charge in [-0.15, -0.1) is 0 Å². The van der Waals surface area contributed by atoms with Crippen LogP contribution in [0.2, 0.25) is 5.02 Å². The van der Waals surface area contributed by atoms with Crippen LogP contribution in [0.4, 0.5) is 0 Å². The monoisotopic (exact) mass is 339 g/mol. The predicted molar refractivity (Wildman–Crippen MR) is 88.0 cm³/mol. The minimum Gasteiger partial charge on any atom is -0.465 e. The van der Waals surface area contributed by atoms with Crippen molar-refractivity contribution in [3.63, 3.8) is 0 Å². The summed E-state index contributed by atoms with van der Waals surface area (Å²) in [6, 6.07) is 6.78. The van der Waals surface area contributed by atoms with Crippen molar-refractivity contribution in [2.45, 2.75) is 13.0 Å². The third-order valence-corrected chi connectivity index (χ3v) is 4.10. The molecule has 1 aromatic carbocycles. The maximum absolute atomic E-state index is 12.4. The molecule has 1 unspecified atom stereocenters. The zero-order valence-corrected chi connectivity index (χ0v) is 14.0. The van der Waals surface area contributed by atoms with Gasteiger partial charge in [-0.2, -0.15) is 0 Å². The molecule has 126 valence electrons. The molecule has 0 aliphatic carbocycles. The van der Waals surface area contributed by atoms with E-state index in [4.69, 9.17) is 22.1 Å². The van der Waals surface area contributed by atoms with Gasteiger partial charge in [-0.25, -0.2) is 4.79 Å². The number of benzene rings is 1. The summed E-state index contributed by atoms with van der Waals surface area (Å²) in [5.41, 5.74) is 6.09. The summed E-state index contributed by atoms with van der Waals surface area (Å²) in [6.07, 6.45) is 0. The number of carbonyl (C=O) groups is 2. The number of ether oxygens (including phenoxy) is 1. The number of carbonyl (C=O) groups excluding carboxylic acids is 2. The van der Waals surface area contributed by atoms with E-state index in [1.54, 1.807) is 19.1 Å². The first-order chi connectivity index (χ1) is 11.0. The van der Waals surface area contributed by atoms with Gasteiger partial charge in [0.1, 0.15) is 6.04 Å². The molecule has 0 spiro atoms. The summed E-state index contributed by atoms with van der Waals surface area (Å²) >= 11 is 5.93. The fraction of sp³-hybridized carbons (Fsp3) is 0.500. The van der Waals surface area contributed by atoms with Crippen molar-refractivity contribution in [1.29, 1.82) is 0 Å². The molecule has 0 saturated carbocycles. The number of nitrogens with zero attached hydrogens (tertiary/aromatic N) is 2. The van der Waals surface area contributed by atoms with Crippen LogP contribution in [-0.2, 0) is 14.3 Å². The van der Waals surface area contributed by atoms with Crippen LogP contribution in [0.25, 0.3) is 0 Å². The first-order valence-electron chi connectivity index (χ1n) is 7.68. The summed E-state index contributed by atoms with van der Waals surface area (Å²) in [7, 11) is 0. The first kappa shape index (κ1) is 17.7. The minimum absolute atomic E-state index is 0.249. The number of hydrogen-bond donors (Lipinski definition) is 1. The largest absolute Gasteiger partial charge is 0.465 e. The third kappa shape index (κ3) is 4.92. The Bertz CT molecular complexity index is 542. The Morgan fingerprint density at radius 1 is 1.22 bits per heavy atom. The smallest absolute Gasteiger partial charge is 0.328 e. The van der Waals surface area contributed by atoms with Crippen molar-refractivity contribution >= 4 is 23.5 Å². The lowest BCUT2D eigenvalue weighted by Crippen LogP contribution is -2.51. The molecule has 0 bridgehead atoms. The van der Waals surface area contributed by atoms with E-state index in [1.807, 2.05) is 17.0 Å². The van der Waals surface area contributed by atoms with E-state index >= 15 is 0 Å². The van der Waals surface area contributed by atoms with Crippen molar-refractivity contribution < 1.29 is 14.3 Å². The van der Waals surface area contributed by atoms with Gasteiger partial charge in [0.05, 0.1) is 13.2 Å². The lowest BCUT2D eigenvalue weighted by Gasteiger charge is -2.37. The van der Waals surface area contributed by atoms with Gasteiger partial charge in [0.2, 0.25) is 5.91 Å². The Morgan fingerprint density at radius 3 is 2.35 bits per heavy atom. The van der Waals surface area contributed by atoms with E-state index in [0.29, 0.717) is 37.8 Å². The fourth-order valence-corrected chi connectivity index (χ4v) is 2.89. The van der Waals surface area contributed by atoms with Gasteiger partial charge in [-0.1, -0.05) is 23.7 Å². The average molecular weight is 340 g/mol. The predicted octanol–water partition coefficient (Wildman–Crippen LogP) is 1.05. The van der Waals surface area contributed by atoms with E-state index in [9.17, 15) is 9.59 Å². The van der Waals surface area contributed by atoms with Crippen molar-refractivity contribution in [1.82, 2.24) is 9.80 Å². The Kier molecular flexibility index (Phi) is 6.38. The highest BCUT2D eigenvalue weighted by atomic mass is 35.5. The zero-order valence-electron chi connectivity index (χ0n) is 13.2. The van der Waals surface area contributed by atoms with Gasteiger partial charge in [0.25, 0.3) is 0 Å². The highest BCUT2D eigenvalue weighted by Crippen LogP contribution is 2.25. The molecule has 6 nitrogen and oxygen atoms in total. The van der Waals surface area contributed by atoms with Crippen LogP contribution in [0.5, 0.6) is 0 Å². The van der Waals surface area contributed by atoms with E-state index in [-0.39, 0.29) is 18.4 Å². The molecule has 2 rings (SSSR count). The van der Waals surface area contributed by atoms with Crippen LogP contribution in [0.1, 0.15) is 18.5 Å². The molecule has 1 amide bonds. The van der Waals surface area contributed by atoms with Gasteiger partial charge in [-0.3, -0.25) is 14.6 Å². The summed E-state index contributed by atoms with van der Waals surface area (Å²) < 4.78 is 5.23. The molecule has 23 heavy (non-hydrogen) atoms. The molecule has 2 N–H and O–H groups in total. The molecule has 1 saturated heterocycles. The maximum Gasteiger partial charge on any atom is 0.328 e. The molecule has 1 atom stereocenters. The quantitative estimate of drug-likeness (QED) is 0.784. The third-order valence-electron chi connectivity index (χ3n) is 3.85. The molecule has 1 aliphatic heterocycles. The highest BCUT2D eigenvalue weighted by molar-refractivity contribution is 6.30. The normalized spacial score (nSPS) is 17.7. The van der Waals surface area contributed by atoms with Crippen LogP contribution in [-0.4, -0.2) is 61.0 Å². The Balaban J connectivity index is 2.10. The molecule has 0 aromatic heterocycles. The highest BCUT2D eigenvalue weighted by Gasteiger charge is 2.31. The lowest BCUT2D eigenvalue weighted by molar-refractivity contribution is -0.151. The van der Waals surface area contributed by atoms with Gasteiger partial charge < -0.3 is 10.5 Å². The van der Waals surface area contributed by atoms with E-state index in [2.05, 4.69) is 4.90 Å². The molecule has 7 heteroatoms. The van der Waals surface area contributed by atoms with Crippen molar-refractivity contribution in [2.24, 2.45) is 5.73 Å². The van der Waals surface area contributed by atoms with Crippen molar-refractivity contribution in [3.8, 4) is 0 Å². The van der Waals surface area contributed by atoms with E-state index < -0.39 is 6.04 Å². The minimum atomic E-state index is -0.456. The standard InChI is InChI=1S/C16H22ClN3O3/c1-2-23-16(22)15(12-3-5-13(17)6-4-12)20-9-7-19(8-10-20)11-14(18)21/h3-6,15H,2,7-11H2,1H3,(H2,18,21).